The van der Waals surface area contributed by atoms with Crippen molar-refractivity contribution in [1.29, 1.82) is 0 Å². The summed E-state index contributed by atoms with van der Waals surface area (Å²) in [7, 11) is 0. The molecule has 2 aliphatic rings. The largest absolute Gasteiger partial charge is 0.311 e. The van der Waals surface area contributed by atoms with Crippen molar-refractivity contribution in [2.24, 2.45) is 5.92 Å². The maximum absolute atomic E-state index is 3.93. The summed E-state index contributed by atoms with van der Waals surface area (Å²) in [5, 5.41) is 3.84. The van der Waals surface area contributed by atoms with Crippen molar-refractivity contribution in [2.75, 3.05) is 19.6 Å². The topological polar surface area (TPSA) is 15.3 Å². The van der Waals surface area contributed by atoms with Gasteiger partial charge in [0.15, 0.2) is 0 Å². The first-order valence-electron chi connectivity index (χ1n) is 7.79. The lowest BCUT2D eigenvalue weighted by Crippen LogP contribution is -2.64. The molecule has 1 N–H and O–H groups in total. The molecule has 0 bridgehead atoms. The quantitative estimate of drug-likeness (QED) is 0.771. The smallest absolute Gasteiger partial charge is 0.0307 e. The molecule has 0 amide bonds. The molecule has 1 saturated carbocycles. The van der Waals surface area contributed by atoms with Gasteiger partial charge in [0.05, 0.1) is 0 Å². The average molecular weight is 250 g/mol. The van der Waals surface area contributed by atoms with Gasteiger partial charge in [0.2, 0.25) is 0 Å². The summed E-state index contributed by atoms with van der Waals surface area (Å²) >= 11 is 0. The van der Waals surface area contributed by atoms with E-state index in [0.29, 0.717) is 11.6 Å². The second kappa shape index (κ2) is 6.21. The van der Waals surface area contributed by atoms with Crippen molar-refractivity contribution in [3.8, 4) is 0 Å². The summed E-state index contributed by atoms with van der Waals surface area (Å²) in [4.78, 5) is 2.65. The van der Waals surface area contributed by atoms with Crippen LogP contribution in [0.15, 0.2) is 12.7 Å². The van der Waals surface area contributed by atoms with Crippen LogP contribution in [0.2, 0.25) is 0 Å². The molecule has 2 heteroatoms. The van der Waals surface area contributed by atoms with Crippen LogP contribution in [-0.2, 0) is 0 Å². The van der Waals surface area contributed by atoms with Crippen LogP contribution >= 0.6 is 0 Å². The zero-order valence-corrected chi connectivity index (χ0v) is 12.3. The zero-order valence-electron chi connectivity index (χ0n) is 12.3. The van der Waals surface area contributed by atoms with Crippen molar-refractivity contribution in [3.63, 3.8) is 0 Å². The van der Waals surface area contributed by atoms with Gasteiger partial charge in [-0.1, -0.05) is 32.3 Å². The van der Waals surface area contributed by atoms with Crippen molar-refractivity contribution in [3.05, 3.63) is 12.7 Å². The van der Waals surface area contributed by atoms with E-state index in [1.54, 1.807) is 0 Å². The third-order valence-electron chi connectivity index (χ3n) is 5.26. The van der Waals surface area contributed by atoms with Crippen molar-refractivity contribution >= 4 is 0 Å². The summed E-state index contributed by atoms with van der Waals surface area (Å²) in [6.45, 7) is 12.0. The summed E-state index contributed by atoms with van der Waals surface area (Å²) in [5.41, 5.74) is 0.319. The Kier molecular flexibility index (Phi) is 4.85. The highest BCUT2D eigenvalue weighted by atomic mass is 15.3. The molecular formula is C16H30N2. The highest BCUT2D eigenvalue weighted by Gasteiger charge is 2.38. The molecule has 1 heterocycles. The first-order chi connectivity index (χ1) is 8.69. The molecule has 2 fully saturated rings. The number of nitrogens with zero attached hydrogens (tertiary/aromatic N) is 1. The second-order valence-electron chi connectivity index (χ2n) is 6.43. The Morgan fingerprint density at radius 1 is 1.33 bits per heavy atom. The maximum Gasteiger partial charge on any atom is 0.0307 e. The summed E-state index contributed by atoms with van der Waals surface area (Å²) in [6.07, 6.45) is 10.5. The first kappa shape index (κ1) is 14.1. The number of nitrogens with one attached hydrogen (secondary N) is 1. The van der Waals surface area contributed by atoms with E-state index in [2.05, 4.69) is 36.7 Å². The fraction of sp³-hybridized carbons (Fsp3) is 0.875. The second-order valence-corrected chi connectivity index (χ2v) is 6.43. The van der Waals surface area contributed by atoms with Gasteiger partial charge in [-0.05, 0) is 32.1 Å². The van der Waals surface area contributed by atoms with E-state index in [1.807, 2.05) is 0 Å². The lowest BCUT2D eigenvalue weighted by atomic mass is 9.81. The molecule has 1 aliphatic carbocycles. The molecular weight excluding hydrogens is 220 g/mol. The summed E-state index contributed by atoms with van der Waals surface area (Å²) in [5.74, 6) is 0.910. The van der Waals surface area contributed by atoms with Crippen LogP contribution in [0.1, 0.15) is 52.4 Å². The van der Waals surface area contributed by atoms with Gasteiger partial charge < -0.3 is 5.32 Å². The Bertz CT molecular complexity index is 270. The number of rotatable bonds is 4. The molecule has 0 radical (unpaired) electrons. The fourth-order valence-electron chi connectivity index (χ4n) is 3.64. The minimum absolute atomic E-state index is 0.319. The molecule has 104 valence electrons. The highest BCUT2D eigenvalue weighted by molar-refractivity contribution is 4.99. The fourth-order valence-corrected chi connectivity index (χ4v) is 3.64. The highest BCUT2D eigenvalue weighted by Crippen LogP contribution is 2.31. The molecule has 2 atom stereocenters. The van der Waals surface area contributed by atoms with E-state index in [1.165, 1.54) is 45.1 Å². The Morgan fingerprint density at radius 2 is 2.06 bits per heavy atom. The van der Waals surface area contributed by atoms with Crippen LogP contribution in [0.4, 0.5) is 0 Å². The van der Waals surface area contributed by atoms with Gasteiger partial charge in [-0.3, -0.25) is 4.90 Å². The van der Waals surface area contributed by atoms with E-state index in [-0.39, 0.29) is 0 Å². The molecule has 0 aromatic carbocycles. The predicted octanol–water partition coefficient (Wildman–Crippen LogP) is 3.20. The van der Waals surface area contributed by atoms with Gasteiger partial charge in [-0.2, -0.15) is 0 Å². The summed E-state index contributed by atoms with van der Waals surface area (Å²) < 4.78 is 0. The predicted molar refractivity (Wildman–Crippen MR) is 78.8 cm³/mol. The number of hydrogen-bond acceptors (Lipinski definition) is 2. The van der Waals surface area contributed by atoms with Crippen LogP contribution in [0.3, 0.4) is 0 Å². The van der Waals surface area contributed by atoms with E-state index >= 15 is 0 Å². The van der Waals surface area contributed by atoms with Crippen LogP contribution < -0.4 is 5.32 Å². The van der Waals surface area contributed by atoms with Gasteiger partial charge in [0.1, 0.15) is 0 Å². The van der Waals surface area contributed by atoms with Crippen molar-refractivity contribution < 1.29 is 0 Å². The zero-order chi connectivity index (χ0) is 13.0. The van der Waals surface area contributed by atoms with Gasteiger partial charge >= 0.3 is 0 Å². The van der Waals surface area contributed by atoms with Gasteiger partial charge in [0.25, 0.3) is 0 Å². The lowest BCUT2D eigenvalue weighted by molar-refractivity contribution is 0.0395. The molecule has 1 aliphatic heterocycles. The molecule has 18 heavy (non-hydrogen) atoms. The van der Waals surface area contributed by atoms with E-state index < -0.39 is 0 Å². The summed E-state index contributed by atoms with van der Waals surface area (Å²) in [6, 6.07) is 0.713. The standard InChI is InChI=1S/C16H30N2/c1-4-11-18-12-15(14-9-7-6-8-10-14)17-13-16(18,3)5-2/h4,14-15,17H,1,5-13H2,2-3H3. The van der Waals surface area contributed by atoms with Crippen molar-refractivity contribution in [2.45, 2.75) is 64.0 Å². The number of hydrogen-bond donors (Lipinski definition) is 1. The Labute approximate surface area is 113 Å². The Balaban J connectivity index is 1.98. The third kappa shape index (κ3) is 2.97. The van der Waals surface area contributed by atoms with Crippen LogP contribution in [0.25, 0.3) is 0 Å². The van der Waals surface area contributed by atoms with Crippen LogP contribution in [0.5, 0.6) is 0 Å². The molecule has 2 unspecified atom stereocenters. The van der Waals surface area contributed by atoms with E-state index in [4.69, 9.17) is 0 Å². The average Bonchev–Trinajstić information content (AvgIpc) is 2.42. The van der Waals surface area contributed by atoms with Gasteiger partial charge in [-0.25, -0.2) is 0 Å². The SMILES string of the molecule is C=CCN1CC(C2CCCCC2)NCC1(C)CC. The molecule has 0 aromatic heterocycles. The number of piperazine rings is 1. The normalized spacial score (nSPS) is 35.6. The first-order valence-corrected chi connectivity index (χ1v) is 7.79. The lowest BCUT2D eigenvalue weighted by Gasteiger charge is -2.49. The monoisotopic (exact) mass is 250 g/mol. The van der Waals surface area contributed by atoms with Crippen LogP contribution in [-0.4, -0.2) is 36.1 Å². The minimum atomic E-state index is 0.319. The maximum atomic E-state index is 3.93. The molecule has 2 rings (SSSR count). The molecule has 1 saturated heterocycles. The Hall–Kier alpha value is -0.340. The van der Waals surface area contributed by atoms with E-state index in [9.17, 15) is 0 Å². The minimum Gasteiger partial charge on any atom is -0.311 e. The van der Waals surface area contributed by atoms with E-state index in [0.717, 1.165) is 19.0 Å². The molecule has 0 spiro atoms. The third-order valence-corrected chi connectivity index (χ3v) is 5.26. The molecule has 2 nitrogen and oxygen atoms in total. The van der Waals surface area contributed by atoms with Crippen molar-refractivity contribution in [1.82, 2.24) is 10.2 Å². The van der Waals surface area contributed by atoms with Gasteiger partial charge in [-0.15, -0.1) is 6.58 Å². The molecule has 0 aromatic rings. The Morgan fingerprint density at radius 3 is 2.67 bits per heavy atom. The van der Waals surface area contributed by atoms with Gasteiger partial charge in [0, 0.05) is 31.2 Å². The van der Waals surface area contributed by atoms with Crippen LogP contribution in [0, 0.1) is 5.92 Å².